The molecule has 21 heavy (non-hydrogen) atoms. The van der Waals surface area contributed by atoms with Crippen LogP contribution < -0.4 is 0 Å². The highest BCUT2D eigenvalue weighted by Crippen LogP contribution is 2.35. The monoisotopic (exact) mass is 289 g/mol. The molecule has 0 saturated heterocycles. The number of pyridine rings is 1. The zero-order chi connectivity index (χ0) is 14.1. The lowest BCUT2D eigenvalue weighted by Gasteiger charge is -2.01. The predicted molar refractivity (Wildman–Crippen MR) is 86.1 cm³/mol. The molecule has 0 unspecified atom stereocenters. The van der Waals surface area contributed by atoms with Gasteiger partial charge >= 0.3 is 0 Å². The van der Waals surface area contributed by atoms with E-state index < -0.39 is 0 Å². The van der Waals surface area contributed by atoms with Crippen molar-refractivity contribution in [3.8, 4) is 21.1 Å². The van der Waals surface area contributed by atoms with Gasteiger partial charge in [0.25, 0.3) is 0 Å². The topological polar surface area (TPSA) is 38.7 Å². The van der Waals surface area contributed by atoms with Crippen LogP contribution in [0.4, 0.5) is 0 Å². The van der Waals surface area contributed by atoms with E-state index in [1.807, 2.05) is 36.5 Å². The van der Waals surface area contributed by atoms with Crippen molar-refractivity contribution in [2.45, 2.75) is 0 Å². The molecule has 0 aliphatic carbocycles. The van der Waals surface area contributed by atoms with Crippen molar-refractivity contribution < 1.29 is 0 Å². The van der Waals surface area contributed by atoms with E-state index in [1.165, 1.54) is 0 Å². The van der Waals surface area contributed by atoms with E-state index in [0.717, 1.165) is 31.9 Å². The van der Waals surface area contributed by atoms with Crippen LogP contribution in [0.25, 0.3) is 31.9 Å². The molecule has 0 fully saturated rings. The first kappa shape index (κ1) is 12.2. The second-order valence-electron chi connectivity index (χ2n) is 4.66. The maximum absolute atomic E-state index is 4.39. The first-order chi connectivity index (χ1) is 10.4. The van der Waals surface area contributed by atoms with E-state index in [1.54, 1.807) is 17.5 Å². The van der Waals surface area contributed by atoms with Gasteiger partial charge in [-0.25, -0.2) is 0 Å². The summed E-state index contributed by atoms with van der Waals surface area (Å²) in [5, 5.41) is 10.7. The van der Waals surface area contributed by atoms with Crippen molar-refractivity contribution in [2.75, 3.05) is 0 Å². The van der Waals surface area contributed by atoms with Gasteiger partial charge in [-0.1, -0.05) is 30.3 Å². The Kier molecular flexibility index (Phi) is 2.94. The molecule has 0 amide bonds. The molecule has 3 heterocycles. The summed E-state index contributed by atoms with van der Waals surface area (Å²) in [5.41, 5.74) is 1.92. The molecule has 0 bridgehead atoms. The summed E-state index contributed by atoms with van der Waals surface area (Å²) in [6.45, 7) is 0. The Balaban J connectivity index is 1.85. The molecule has 4 rings (SSSR count). The molecule has 100 valence electrons. The molecule has 1 aromatic carbocycles. The van der Waals surface area contributed by atoms with Crippen LogP contribution in [0.1, 0.15) is 0 Å². The molecular weight excluding hydrogens is 278 g/mol. The third-order valence-corrected chi connectivity index (χ3v) is 4.44. The maximum Gasteiger partial charge on any atom is 0.111 e. The number of fused-ring (bicyclic) bond motifs is 1. The second-order valence-corrected chi connectivity index (χ2v) is 5.74. The fraction of sp³-hybridized carbons (Fsp3) is 0. The predicted octanol–water partition coefficient (Wildman–Crippen LogP) is 4.42. The lowest BCUT2D eigenvalue weighted by molar-refractivity contribution is 1.06. The zero-order valence-corrected chi connectivity index (χ0v) is 11.9. The van der Waals surface area contributed by atoms with Gasteiger partial charge in [-0.15, -0.1) is 16.4 Å². The average Bonchev–Trinajstić information content (AvgIpc) is 3.05. The van der Waals surface area contributed by atoms with Crippen LogP contribution in [0.5, 0.6) is 0 Å². The average molecular weight is 289 g/mol. The first-order valence-corrected chi connectivity index (χ1v) is 7.45. The van der Waals surface area contributed by atoms with Crippen LogP contribution in [0.2, 0.25) is 0 Å². The minimum absolute atomic E-state index is 0.931. The minimum atomic E-state index is 0.931. The van der Waals surface area contributed by atoms with Crippen molar-refractivity contribution in [3.05, 3.63) is 67.0 Å². The highest BCUT2D eigenvalue weighted by molar-refractivity contribution is 7.18. The number of thiophene rings is 1. The van der Waals surface area contributed by atoms with Gasteiger partial charge in [0.2, 0.25) is 0 Å². The number of nitrogens with zero attached hydrogens (tertiary/aromatic N) is 3. The van der Waals surface area contributed by atoms with Gasteiger partial charge in [0, 0.05) is 17.0 Å². The van der Waals surface area contributed by atoms with Gasteiger partial charge in [-0.3, -0.25) is 4.98 Å². The quantitative estimate of drug-likeness (QED) is 0.548. The highest BCUT2D eigenvalue weighted by Gasteiger charge is 2.10. The van der Waals surface area contributed by atoms with Crippen molar-refractivity contribution >= 4 is 22.1 Å². The van der Waals surface area contributed by atoms with E-state index in [-0.39, 0.29) is 0 Å². The van der Waals surface area contributed by atoms with Gasteiger partial charge in [0.15, 0.2) is 0 Å². The van der Waals surface area contributed by atoms with Crippen LogP contribution in [0.3, 0.4) is 0 Å². The maximum atomic E-state index is 4.39. The molecule has 0 aliphatic rings. The third kappa shape index (κ3) is 2.19. The van der Waals surface area contributed by atoms with Crippen molar-refractivity contribution in [1.82, 2.24) is 15.2 Å². The molecule has 0 saturated carbocycles. The standard InChI is InChI=1S/C17H11N3S/c1-2-6-13-12(5-1)11-19-20-17(13)16-9-8-15(21-16)14-7-3-4-10-18-14/h1-11H. The van der Waals surface area contributed by atoms with E-state index in [0.29, 0.717) is 0 Å². The molecule has 4 heteroatoms. The fourth-order valence-electron chi connectivity index (χ4n) is 2.32. The van der Waals surface area contributed by atoms with Crippen molar-refractivity contribution in [2.24, 2.45) is 0 Å². The molecule has 0 atom stereocenters. The van der Waals surface area contributed by atoms with Crippen LogP contribution in [0, 0.1) is 0 Å². The molecule has 0 radical (unpaired) electrons. The molecule has 3 nitrogen and oxygen atoms in total. The lowest BCUT2D eigenvalue weighted by atomic mass is 10.1. The smallest absolute Gasteiger partial charge is 0.111 e. The molecule has 3 aromatic heterocycles. The van der Waals surface area contributed by atoms with E-state index in [2.05, 4.69) is 39.4 Å². The normalized spacial score (nSPS) is 10.9. The second kappa shape index (κ2) is 5.07. The Morgan fingerprint density at radius 2 is 1.67 bits per heavy atom. The Morgan fingerprint density at radius 1 is 0.810 bits per heavy atom. The largest absolute Gasteiger partial charge is 0.255 e. The van der Waals surface area contributed by atoms with Crippen molar-refractivity contribution in [1.29, 1.82) is 0 Å². The Labute approximate surface area is 125 Å². The molecule has 4 aromatic rings. The summed E-state index contributed by atoms with van der Waals surface area (Å²) in [5.74, 6) is 0. The number of rotatable bonds is 2. The van der Waals surface area contributed by atoms with E-state index >= 15 is 0 Å². The summed E-state index contributed by atoms with van der Waals surface area (Å²) in [7, 11) is 0. The van der Waals surface area contributed by atoms with Crippen LogP contribution in [-0.2, 0) is 0 Å². The number of hydrogen-bond donors (Lipinski definition) is 0. The van der Waals surface area contributed by atoms with Crippen molar-refractivity contribution in [3.63, 3.8) is 0 Å². The SMILES string of the molecule is c1ccc(-c2ccc(-c3nncc4ccccc34)s2)nc1. The third-order valence-electron chi connectivity index (χ3n) is 3.33. The number of hydrogen-bond acceptors (Lipinski definition) is 4. The van der Waals surface area contributed by atoms with Gasteiger partial charge in [-0.2, -0.15) is 5.10 Å². The number of aromatic nitrogens is 3. The fourth-order valence-corrected chi connectivity index (χ4v) is 3.30. The highest BCUT2D eigenvalue weighted by atomic mass is 32.1. The lowest BCUT2D eigenvalue weighted by Crippen LogP contribution is -1.86. The molecule has 0 N–H and O–H groups in total. The summed E-state index contributed by atoms with van der Waals surface area (Å²) >= 11 is 1.69. The Hall–Kier alpha value is -2.59. The molecule has 0 spiro atoms. The van der Waals surface area contributed by atoms with Gasteiger partial charge < -0.3 is 0 Å². The summed E-state index contributed by atoms with van der Waals surface area (Å²) < 4.78 is 0. The van der Waals surface area contributed by atoms with Gasteiger partial charge in [0.1, 0.15) is 5.69 Å². The first-order valence-electron chi connectivity index (χ1n) is 6.64. The minimum Gasteiger partial charge on any atom is -0.255 e. The van der Waals surface area contributed by atoms with E-state index in [4.69, 9.17) is 0 Å². The van der Waals surface area contributed by atoms with Gasteiger partial charge in [0.05, 0.1) is 21.6 Å². The summed E-state index contributed by atoms with van der Waals surface area (Å²) in [6, 6.07) is 18.3. The van der Waals surface area contributed by atoms with Gasteiger partial charge in [-0.05, 0) is 24.3 Å². The van der Waals surface area contributed by atoms with Crippen LogP contribution in [0.15, 0.2) is 67.0 Å². The number of benzene rings is 1. The summed E-state index contributed by atoms with van der Waals surface area (Å²) in [6.07, 6.45) is 3.61. The molecular formula is C17H11N3S. The van der Waals surface area contributed by atoms with Crippen LogP contribution in [-0.4, -0.2) is 15.2 Å². The summed E-state index contributed by atoms with van der Waals surface area (Å²) in [4.78, 5) is 6.64. The zero-order valence-electron chi connectivity index (χ0n) is 11.1. The Bertz CT molecular complexity index is 895. The van der Waals surface area contributed by atoms with E-state index in [9.17, 15) is 0 Å². The molecule has 0 aliphatic heterocycles. The Morgan fingerprint density at radius 3 is 2.57 bits per heavy atom. The van der Waals surface area contributed by atoms with Crippen LogP contribution >= 0.6 is 11.3 Å².